The summed E-state index contributed by atoms with van der Waals surface area (Å²) >= 11 is 0. The lowest BCUT2D eigenvalue weighted by Crippen LogP contribution is -2.29. The van der Waals surface area contributed by atoms with Gasteiger partial charge in [0.2, 0.25) is 0 Å². The van der Waals surface area contributed by atoms with Crippen LogP contribution in [-0.4, -0.2) is 23.8 Å². The molecule has 0 saturated carbocycles. The van der Waals surface area contributed by atoms with Gasteiger partial charge in [0, 0.05) is 20.8 Å². The minimum Gasteiger partial charge on any atom is -0.621 e. The van der Waals surface area contributed by atoms with Gasteiger partial charge >= 0.3 is 6.40 Å². The number of hydrogen-bond donors (Lipinski definition) is 0. The van der Waals surface area contributed by atoms with Crippen molar-refractivity contribution < 1.29 is 9.48 Å². The van der Waals surface area contributed by atoms with Gasteiger partial charge in [0.25, 0.3) is 0 Å². The molecule has 0 amide bonds. The molecule has 0 fully saturated rings. The summed E-state index contributed by atoms with van der Waals surface area (Å²) in [7, 11) is 1.46. The number of rotatable bonds is 1. The zero-order valence-electron chi connectivity index (χ0n) is 6.34. The van der Waals surface area contributed by atoms with Gasteiger partial charge in [-0.3, -0.25) is 0 Å². The molecule has 9 heavy (non-hydrogen) atoms. The molecule has 0 unspecified atom stereocenters. The smallest absolute Gasteiger partial charge is 0.335 e. The van der Waals surface area contributed by atoms with Crippen molar-refractivity contribution in [1.82, 2.24) is 0 Å². The predicted molar refractivity (Wildman–Crippen MR) is 36.5 cm³/mol. The van der Waals surface area contributed by atoms with Gasteiger partial charge in [-0.15, -0.1) is 0 Å². The minimum atomic E-state index is -0.393. The average molecular weight is 131 g/mol. The third-order valence-corrected chi connectivity index (χ3v) is 0.862. The van der Waals surface area contributed by atoms with Crippen LogP contribution < -0.4 is 0 Å². The van der Waals surface area contributed by atoms with Crippen molar-refractivity contribution in [3.8, 4) is 0 Å². The van der Waals surface area contributed by atoms with Crippen LogP contribution in [0.4, 0.5) is 0 Å². The van der Waals surface area contributed by atoms with E-state index < -0.39 is 5.54 Å². The van der Waals surface area contributed by atoms with Crippen LogP contribution >= 0.6 is 0 Å². The Balaban J connectivity index is 4.03. The molecule has 0 aliphatic heterocycles. The highest BCUT2D eigenvalue weighted by atomic mass is 16.5. The van der Waals surface area contributed by atoms with Gasteiger partial charge in [-0.2, -0.15) is 4.74 Å². The topological polar surface area (TPSA) is 35.3 Å². The van der Waals surface area contributed by atoms with Crippen molar-refractivity contribution >= 4 is 6.40 Å². The summed E-state index contributed by atoms with van der Waals surface area (Å²) in [6.07, 6.45) is 1.15. The molecule has 0 spiro atoms. The number of ether oxygens (including phenoxy) is 1. The summed E-state index contributed by atoms with van der Waals surface area (Å²) in [5, 5.41) is 10.8. The Morgan fingerprint density at radius 1 is 1.44 bits per heavy atom. The van der Waals surface area contributed by atoms with Gasteiger partial charge in [0.05, 0.1) is 7.11 Å². The number of hydroxylamine groups is 1. The normalized spacial score (nSPS) is 13.6. The molecule has 0 atom stereocenters. The molecule has 54 valence electrons. The SMILES string of the molecule is CO/C=[N+](/[O-])C(C)(C)C. The van der Waals surface area contributed by atoms with E-state index in [-0.39, 0.29) is 0 Å². The van der Waals surface area contributed by atoms with Gasteiger partial charge in [-0.25, -0.2) is 0 Å². The standard InChI is InChI=1S/C6H13NO2/c1-6(2,3)7(8)5-9-4/h5H,1-4H3/b7-5+. The molecule has 0 aromatic heterocycles. The zero-order valence-corrected chi connectivity index (χ0v) is 6.34. The monoisotopic (exact) mass is 131 g/mol. The van der Waals surface area contributed by atoms with Crippen LogP contribution in [0.2, 0.25) is 0 Å². The minimum absolute atomic E-state index is 0.393. The summed E-state index contributed by atoms with van der Waals surface area (Å²) in [6, 6.07) is 0. The Morgan fingerprint density at radius 2 is 1.89 bits per heavy atom. The third kappa shape index (κ3) is 2.95. The third-order valence-electron chi connectivity index (χ3n) is 0.862. The van der Waals surface area contributed by atoms with Crippen molar-refractivity contribution in [3.63, 3.8) is 0 Å². The largest absolute Gasteiger partial charge is 0.621 e. The van der Waals surface area contributed by atoms with E-state index in [0.29, 0.717) is 0 Å². The lowest BCUT2D eigenvalue weighted by molar-refractivity contribution is -0.537. The van der Waals surface area contributed by atoms with E-state index >= 15 is 0 Å². The van der Waals surface area contributed by atoms with E-state index in [9.17, 15) is 5.21 Å². The van der Waals surface area contributed by atoms with Gasteiger partial charge in [0.15, 0.2) is 5.54 Å². The van der Waals surface area contributed by atoms with E-state index in [0.717, 1.165) is 11.1 Å². The first-order chi connectivity index (χ1) is 3.98. The second-order valence-corrected chi connectivity index (χ2v) is 2.84. The van der Waals surface area contributed by atoms with Crippen molar-refractivity contribution in [2.24, 2.45) is 0 Å². The molecule has 0 aromatic carbocycles. The van der Waals surface area contributed by atoms with Crippen LogP contribution in [0.15, 0.2) is 0 Å². The van der Waals surface area contributed by atoms with E-state index in [1.165, 1.54) is 7.11 Å². The fourth-order valence-electron chi connectivity index (χ4n) is 0.254. The molecule has 3 nitrogen and oxygen atoms in total. The maximum absolute atomic E-state index is 10.8. The van der Waals surface area contributed by atoms with Crippen LogP contribution in [0.3, 0.4) is 0 Å². The van der Waals surface area contributed by atoms with Crippen molar-refractivity contribution in [2.45, 2.75) is 26.3 Å². The van der Waals surface area contributed by atoms with Crippen LogP contribution in [0.25, 0.3) is 0 Å². The molecule has 0 heterocycles. The summed E-state index contributed by atoms with van der Waals surface area (Å²) in [5.74, 6) is 0. The van der Waals surface area contributed by atoms with Crippen LogP contribution in [0.5, 0.6) is 0 Å². The molecule has 0 bridgehead atoms. The number of hydrogen-bond acceptors (Lipinski definition) is 2. The predicted octanol–water partition coefficient (Wildman–Crippen LogP) is 0.970. The summed E-state index contributed by atoms with van der Waals surface area (Å²) in [4.78, 5) is 0. The maximum atomic E-state index is 10.8. The number of nitrogens with zero attached hydrogens (tertiary/aromatic N) is 1. The Hall–Kier alpha value is -0.730. The van der Waals surface area contributed by atoms with Crippen LogP contribution in [0.1, 0.15) is 20.8 Å². The molecular weight excluding hydrogens is 118 g/mol. The first-order valence-electron chi connectivity index (χ1n) is 2.81. The van der Waals surface area contributed by atoms with E-state index in [2.05, 4.69) is 4.74 Å². The van der Waals surface area contributed by atoms with Crippen molar-refractivity contribution in [2.75, 3.05) is 7.11 Å². The zero-order chi connectivity index (χ0) is 7.49. The Labute approximate surface area is 55.5 Å². The highest BCUT2D eigenvalue weighted by molar-refractivity contribution is 5.39. The molecule has 0 saturated heterocycles. The highest BCUT2D eigenvalue weighted by Crippen LogP contribution is 2.03. The summed E-state index contributed by atoms with van der Waals surface area (Å²) in [6.45, 7) is 5.44. The Kier molecular flexibility index (Phi) is 2.49. The van der Waals surface area contributed by atoms with Gasteiger partial charge in [-0.05, 0) is 0 Å². The van der Waals surface area contributed by atoms with E-state index in [1.807, 2.05) is 20.8 Å². The molecule has 0 aliphatic rings. The molecular formula is C6H13NO2. The molecule has 0 aromatic rings. The van der Waals surface area contributed by atoms with Crippen molar-refractivity contribution in [1.29, 1.82) is 0 Å². The molecule has 0 rings (SSSR count). The Morgan fingerprint density at radius 3 is 2.00 bits per heavy atom. The molecule has 0 radical (unpaired) electrons. The summed E-state index contributed by atoms with van der Waals surface area (Å²) in [5.41, 5.74) is -0.393. The summed E-state index contributed by atoms with van der Waals surface area (Å²) < 4.78 is 5.29. The van der Waals surface area contributed by atoms with Gasteiger partial charge in [-0.1, -0.05) is 0 Å². The van der Waals surface area contributed by atoms with Crippen molar-refractivity contribution in [3.05, 3.63) is 5.21 Å². The first kappa shape index (κ1) is 8.27. The number of methoxy groups -OCH3 is 1. The quantitative estimate of drug-likeness (QED) is 0.175. The maximum Gasteiger partial charge on any atom is 0.335 e. The molecule has 0 aliphatic carbocycles. The second kappa shape index (κ2) is 2.71. The van der Waals surface area contributed by atoms with Gasteiger partial charge in [0.1, 0.15) is 0 Å². The lowest BCUT2D eigenvalue weighted by atomic mass is 10.1. The second-order valence-electron chi connectivity index (χ2n) is 2.84. The lowest BCUT2D eigenvalue weighted by Gasteiger charge is -2.17. The fraction of sp³-hybridized carbons (Fsp3) is 0.833. The molecule has 3 heteroatoms. The van der Waals surface area contributed by atoms with E-state index in [4.69, 9.17) is 0 Å². The average Bonchev–Trinajstić information content (AvgIpc) is 1.64. The fourth-order valence-corrected chi connectivity index (χ4v) is 0.254. The van der Waals surface area contributed by atoms with Gasteiger partial charge < -0.3 is 9.94 Å². The van der Waals surface area contributed by atoms with E-state index in [1.54, 1.807) is 0 Å². The van der Waals surface area contributed by atoms with Crippen LogP contribution in [0, 0.1) is 5.21 Å². The first-order valence-corrected chi connectivity index (χ1v) is 2.81. The van der Waals surface area contributed by atoms with Crippen LogP contribution in [-0.2, 0) is 4.74 Å². The highest BCUT2D eigenvalue weighted by Gasteiger charge is 2.17. The Bertz CT molecular complexity index is 113. The molecule has 0 N–H and O–H groups in total.